The molecule has 0 spiro atoms. The van der Waals surface area contributed by atoms with E-state index in [-0.39, 0.29) is 5.56 Å². The monoisotopic (exact) mass is 226 g/mol. The molecule has 0 aromatic heterocycles. The number of hydrogen-bond donors (Lipinski definition) is 1. The summed E-state index contributed by atoms with van der Waals surface area (Å²) in [6.45, 7) is 0. The van der Waals surface area contributed by atoms with Crippen molar-refractivity contribution in [2.24, 2.45) is 0 Å². The third-order valence-electron chi connectivity index (χ3n) is 2.76. The Kier molecular flexibility index (Phi) is 2.66. The first-order valence-corrected chi connectivity index (χ1v) is 5.19. The van der Waals surface area contributed by atoms with Crippen LogP contribution in [0.2, 0.25) is 0 Å². The summed E-state index contributed by atoms with van der Waals surface area (Å²) in [6.07, 6.45) is 1.07. The molecule has 0 heterocycles. The van der Waals surface area contributed by atoms with Gasteiger partial charge >= 0.3 is 5.97 Å². The first-order valence-electron chi connectivity index (χ1n) is 5.19. The van der Waals surface area contributed by atoms with Gasteiger partial charge < -0.3 is 5.11 Å². The molecule has 0 unspecified atom stereocenters. The number of halogens is 2. The second-order valence-electron chi connectivity index (χ2n) is 4.17. The summed E-state index contributed by atoms with van der Waals surface area (Å²) in [7, 11) is 0. The lowest BCUT2D eigenvalue weighted by Crippen LogP contribution is -2.18. The normalized spacial score (nSPS) is 16.1. The smallest absolute Gasteiger partial charge is 0.309 e. The Hall–Kier alpha value is -1.45. The zero-order valence-corrected chi connectivity index (χ0v) is 8.62. The van der Waals surface area contributed by atoms with Crippen LogP contribution < -0.4 is 0 Å². The summed E-state index contributed by atoms with van der Waals surface area (Å²) < 4.78 is 26.7. The lowest BCUT2D eigenvalue weighted by molar-refractivity contribution is -0.145. The van der Waals surface area contributed by atoms with Crippen LogP contribution in [-0.2, 0) is 10.7 Å². The first-order chi connectivity index (χ1) is 7.49. The first kappa shape index (κ1) is 11.0. The molecular formula is C12H12F2O2. The van der Waals surface area contributed by atoms with Crippen LogP contribution in [0.15, 0.2) is 24.3 Å². The molecule has 1 N–H and O–H groups in total. The van der Waals surface area contributed by atoms with Crippen LogP contribution in [0.25, 0.3) is 0 Å². The standard InChI is InChI=1S/C12H12F2O2/c13-12(14,7-11(15)16)10-5-3-9(4-6-10)8-1-2-8/h3-6,8H,1-2,7H2,(H,15,16). The number of rotatable bonds is 4. The van der Waals surface area contributed by atoms with Gasteiger partial charge in [0.05, 0.1) is 0 Å². The summed E-state index contributed by atoms with van der Waals surface area (Å²) in [5.74, 6) is -4.26. The molecule has 0 saturated heterocycles. The number of carbonyl (C=O) groups is 1. The zero-order valence-electron chi connectivity index (χ0n) is 8.62. The maximum atomic E-state index is 13.4. The topological polar surface area (TPSA) is 37.3 Å². The minimum Gasteiger partial charge on any atom is -0.481 e. The molecule has 2 rings (SSSR count). The Bertz CT molecular complexity index is 394. The molecule has 0 atom stereocenters. The van der Waals surface area contributed by atoms with Crippen molar-refractivity contribution in [1.82, 2.24) is 0 Å². The maximum Gasteiger partial charge on any atom is 0.309 e. The van der Waals surface area contributed by atoms with E-state index in [1.165, 1.54) is 12.1 Å². The fourth-order valence-electron chi connectivity index (χ4n) is 1.71. The van der Waals surface area contributed by atoms with Gasteiger partial charge in [0.1, 0.15) is 6.42 Å². The number of alkyl halides is 2. The van der Waals surface area contributed by atoms with E-state index in [4.69, 9.17) is 5.11 Å². The predicted octanol–water partition coefficient (Wildman–Crippen LogP) is 3.13. The Morgan fingerprint density at radius 3 is 2.31 bits per heavy atom. The second kappa shape index (κ2) is 3.85. The second-order valence-corrected chi connectivity index (χ2v) is 4.17. The predicted molar refractivity (Wildman–Crippen MR) is 54.6 cm³/mol. The van der Waals surface area contributed by atoms with Crippen LogP contribution in [0.5, 0.6) is 0 Å². The van der Waals surface area contributed by atoms with Gasteiger partial charge in [-0.1, -0.05) is 24.3 Å². The largest absolute Gasteiger partial charge is 0.481 e. The number of hydrogen-bond acceptors (Lipinski definition) is 1. The summed E-state index contributed by atoms with van der Waals surface area (Å²) in [5.41, 5.74) is 0.842. The van der Waals surface area contributed by atoms with E-state index in [2.05, 4.69) is 0 Å². The van der Waals surface area contributed by atoms with Gasteiger partial charge in [-0.05, 0) is 24.3 Å². The summed E-state index contributed by atoms with van der Waals surface area (Å²) in [6, 6.07) is 6.00. The highest BCUT2D eigenvalue weighted by atomic mass is 19.3. The SMILES string of the molecule is O=C(O)CC(F)(F)c1ccc(C2CC2)cc1. The summed E-state index contributed by atoms with van der Waals surface area (Å²) >= 11 is 0. The van der Waals surface area contributed by atoms with E-state index in [1.807, 2.05) is 0 Å². The van der Waals surface area contributed by atoms with E-state index >= 15 is 0 Å². The molecule has 1 fully saturated rings. The van der Waals surface area contributed by atoms with Gasteiger partial charge in [-0.2, -0.15) is 0 Å². The molecule has 1 aromatic carbocycles. The number of benzene rings is 1. The lowest BCUT2D eigenvalue weighted by atomic mass is 10.0. The fourth-order valence-corrected chi connectivity index (χ4v) is 1.71. The van der Waals surface area contributed by atoms with Gasteiger partial charge in [-0.25, -0.2) is 8.78 Å². The van der Waals surface area contributed by atoms with Crippen molar-refractivity contribution in [3.05, 3.63) is 35.4 Å². The van der Waals surface area contributed by atoms with Crippen molar-refractivity contribution in [1.29, 1.82) is 0 Å². The lowest BCUT2D eigenvalue weighted by Gasteiger charge is -2.14. The third-order valence-corrected chi connectivity index (χ3v) is 2.76. The third kappa shape index (κ3) is 2.38. The summed E-state index contributed by atoms with van der Waals surface area (Å²) in [4.78, 5) is 10.3. The van der Waals surface area contributed by atoms with Crippen molar-refractivity contribution in [2.45, 2.75) is 31.1 Å². The highest BCUT2D eigenvalue weighted by Gasteiger charge is 2.34. The van der Waals surface area contributed by atoms with E-state index in [0.29, 0.717) is 5.92 Å². The Morgan fingerprint density at radius 2 is 1.88 bits per heavy atom. The molecule has 0 bridgehead atoms. The van der Waals surface area contributed by atoms with E-state index in [9.17, 15) is 13.6 Å². The molecule has 16 heavy (non-hydrogen) atoms. The molecule has 1 saturated carbocycles. The van der Waals surface area contributed by atoms with Crippen molar-refractivity contribution in [2.75, 3.05) is 0 Å². The van der Waals surface area contributed by atoms with Gasteiger partial charge in [0, 0.05) is 5.56 Å². The van der Waals surface area contributed by atoms with Gasteiger partial charge in [0.25, 0.3) is 5.92 Å². The van der Waals surface area contributed by atoms with E-state index in [1.54, 1.807) is 12.1 Å². The van der Waals surface area contributed by atoms with E-state index in [0.717, 1.165) is 18.4 Å². The highest BCUT2D eigenvalue weighted by molar-refractivity contribution is 5.68. The van der Waals surface area contributed by atoms with Crippen LogP contribution >= 0.6 is 0 Å². The fraction of sp³-hybridized carbons (Fsp3) is 0.417. The Balaban J connectivity index is 2.16. The molecule has 1 aliphatic carbocycles. The summed E-state index contributed by atoms with van der Waals surface area (Å²) in [5, 5.41) is 8.38. The van der Waals surface area contributed by atoms with Gasteiger partial charge in [0.15, 0.2) is 0 Å². The maximum absolute atomic E-state index is 13.4. The molecule has 0 amide bonds. The molecule has 4 heteroatoms. The molecular weight excluding hydrogens is 214 g/mol. The average molecular weight is 226 g/mol. The quantitative estimate of drug-likeness (QED) is 0.856. The van der Waals surface area contributed by atoms with E-state index < -0.39 is 18.3 Å². The number of aliphatic carboxylic acids is 1. The van der Waals surface area contributed by atoms with Gasteiger partial charge in [0.2, 0.25) is 0 Å². The Labute approximate surface area is 91.9 Å². The molecule has 1 aliphatic rings. The molecule has 0 radical (unpaired) electrons. The van der Waals surface area contributed by atoms with Crippen LogP contribution in [0, 0.1) is 0 Å². The molecule has 86 valence electrons. The van der Waals surface area contributed by atoms with Gasteiger partial charge in [-0.15, -0.1) is 0 Å². The number of carboxylic acid groups (broad SMARTS) is 1. The molecule has 0 aliphatic heterocycles. The van der Waals surface area contributed by atoms with Crippen LogP contribution in [0.3, 0.4) is 0 Å². The van der Waals surface area contributed by atoms with Crippen molar-refractivity contribution in [3.8, 4) is 0 Å². The van der Waals surface area contributed by atoms with Crippen LogP contribution in [0.1, 0.15) is 36.3 Å². The molecule has 2 nitrogen and oxygen atoms in total. The minimum atomic E-state index is -3.28. The highest BCUT2D eigenvalue weighted by Crippen LogP contribution is 2.41. The average Bonchev–Trinajstić information content (AvgIpc) is 2.99. The Morgan fingerprint density at radius 1 is 1.31 bits per heavy atom. The van der Waals surface area contributed by atoms with Crippen LogP contribution in [-0.4, -0.2) is 11.1 Å². The van der Waals surface area contributed by atoms with Gasteiger partial charge in [-0.3, -0.25) is 4.79 Å². The minimum absolute atomic E-state index is 0.223. The van der Waals surface area contributed by atoms with Crippen molar-refractivity contribution < 1.29 is 18.7 Å². The van der Waals surface area contributed by atoms with Crippen LogP contribution in [0.4, 0.5) is 8.78 Å². The number of carboxylic acids is 1. The molecule has 1 aromatic rings. The van der Waals surface area contributed by atoms with Crippen molar-refractivity contribution >= 4 is 5.97 Å². The zero-order chi connectivity index (χ0) is 11.8. The van der Waals surface area contributed by atoms with Crippen molar-refractivity contribution in [3.63, 3.8) is 0 Å².